The van der Waals surface area contributed by atoms with E-state index < -0.39 is 9.84 Å². The Morgan fingerprint density at radius 2 is 2.13 bits per heavy atom. The summed E-state index contributed by atoms with van der Waals surface area (Å²) in [7, 11) is -2.92. The number of aryl methyl sites for hydroxylation is 1. The van der Waals surface area contributed by atoms with Crippen LogP contribution in [-0.4, -0.2) is 49.0 Å². The Kier molecular flexibility index (Phi) is 5.84. The largest absolute Gasteiger partial charge is 0.370 e. The number of nitrogens with zero attached hydrogens (tertiary/aromatic N) is 3. The lowest BCUT2D eigenvalue weighted by Gasteiger charge is -2.27. The molecule has 7 heteroatoms. The molecule has 1 aliphatic rings. The minimum Gasteiger partial charge on any atom is -0.370 e. The molecular formula is C16H28N4O2S. The third-order valence-electron chi connectivity index (χ3n) is 4.12. The summed E-state index contributed by atoms with van der Waals surface area (Å²) >= 11 is 0. The first-order valence-electron chi connectivity index (χ1n) is 8.37. The molecule has 130 valence electrons. The minimum absolute atomic E-state index is 0.0182. The minimum atomic E-state index is -2.92. The van der Waals surface area contributed by atoms with Gasteiger partial charge in [-0.25, -0.2) is 13.4 Å². The Labute approximate surface area is 139 Å². The zero-order chi connectivity index (χ0) is 17.0. The molecular weight excluding hydrogens is 312 g/mol. The first-order chi connectivity index (χ1) is 10.8. The summed E-state index contributed by atoms with van der Waals surface area (Å²) in [6, 6.07) is 1.92. The number of hydrogen-bond acceptors (Lipinski definition) is 6. The summed E-state index contributed by atoms with van der Waals surface area (Å²) in [6.07, 6.45) is 1.74. The molecule has 23 heavy (non-hydrogen) atoms. The maximum Gasteiger partial charge on any atom is 0.227 e. The summed E-state index contributed by atoms with van der Waals surface area (Å²) in [4.78, 5) is 11.1. The highest BCUT2D eigenvalue weighted by molar-refractivity contribution is 7.91. The predicted molar refractivity (Wildman–Crippen MR) is 94.8 cm³/mol. The molecule has 0 radical (unpaired) electrons. The van der Waals surface area contributed by atoms with Crippen LogP contribution in [0.25, 0.3) is 0 Å². The number of hydrogen-bond donors (Lipinski definition) is 1. The molecule has 1 atom stereocenters. The molecule has 1 unspecified atom stereocenters. The monoisotopic (exact) mass is 340 g/mol. The van der Waals surface area contributed by atoms with Crippen molar-refractivity contribution < 1.29 is 8.42 Å². The molecule has 1 saturated heterocycles. The summed E-state index contributed by atoms with van der Waals surface area (Å²) in [5.74, 6) is 2.54. The van der Waals surface area contributed by atoms with Crippen LogP contribution in [0.1, 0.15) is 39.3 Å². The second kappa shape index (κ2) is 7.47. The smallest absolute Gasteiger partial charge is 0.227 e. The lowest BCUT2D eigenvalue weighted by atomic mass is 10.1. The van der Waals surface area contributed by atoms with Gasteiger partial charge in [0.15, 0.2) is 9.84 Å². The summed E-state index contributed by atoms with van der Waals surface area (Å²) in [5.41, 5.74) is 0.890. The Bertz CT molecular complexity index is 631. The normalized spacial score (nSPS) is 20.0. The van der Waals surface area contributed by atoms with Crippen molar-refractivity contribution in [3.05, 3.63) is 11.8 Å². The van der Waals surface area contributed by atoms with Gasteiger partial charge >= 0.3 is 0 Å². The summed E-state index contributed by atoms with van der Waals surface area (Å²) in [6.45, 7) is 9.92. The molecule has 1 aromatic heterocycles. The van der Waals surface area contributed by atoms with E-state index in [-0.39, 0.29) is 17.5 Å². The Balaban J connectivity index is 2.15. The van der Waals surface area contributed by atoms with Crippen LogP contribution in [0.4, 0.5) is 11.8 Å². The van der Waals surface area contributed by atoms with Crippen LogP contribution in [0.5, 0.6) is 0 Å². The highest BCUT2D eigenvalue weighted by atomic mass is 32.2. The maximum absolute atomic E-state index is 11.8. The van der Waals surface area contributed by atoms with E-state index in [0.29, 0.717) is 24.8 Å². The van der Waals surface area contributed by atoms with Gasteiger partial charge in [-0.15, -0.1) is 0 Å². The molecule has 0 bridgehead atoms. The zero-order valence-electron chi connectivity index (χ0n) is 14.5. The van der Waals surface area contributed by atoms with Crippen LogP contribution in [0.2, 0.25) is 0 Å². The second-order valence-corrected chi connectivity index (χ2v) is 8.88. The van der Waals surface area contributed by atoms with Crippen LogP contribution in [-0.2, 0) is 9.84 Å². The molecule has 1 aromatic rings. The maximum atomic E-state index is 11.8. The topological polar surface area (TPSA) is 75.2 Å². The van der Waals surface area contributed by atoms with Crippen molar-refractivity contribution in [1.29, 1.82) is 0 Å². The van der Waals surface area contributed by atoms with Gasteiger partial charge in [0.1, 0.15) is 5.82 Å². The van der Waals surface area contributed by atoms with Crippen molar-refractivity contribution >= 4 is 21.6 Å². The van der Waals surface area contributed by atoms with E-state index in [1.165, 1.54) is 0 Å². The average Bonchev–Trinajstić information content (AvgIpc) is 2.79. The highest BCUT2D eigenvalue weighted by Gasteiger charge is 2.33. The van der Waals surface area contributed by atoms with E-state index in [9.17, 15) is 8.42 Å². The van der Waals surface area contributed by atoms with Crippen LogP contribution < -0.4 is 10.2 Å². The molecule has 1 fully saturated rings. The zero-order valence-corrected chi connectivity index (χ0v) is 15.4. The van der Waals surface area contributed by atoms with E-state index in [1.54, 1.807) is 0 Å². The number of aromatic nitrogens is 2. The third-order valence-corrected chi connectivity index (χ3v) is 5.87. The van der Waals surface area contributed by atoms with Gasteiger partial charge < -0.3 is 10.2 Å². The molecule has 2 heterocycles. The van der Waals surface area contributed by atoms with Gasteiger partial charge in [-0.3, -0.25) is 0 Å². The summed E-state index contributed by atoms with van der Waals surface area (Å²) in [5, 5.41) is 3.35. The number of rotatable bonds is 7. The lowest BCUT2D eigenvalue weighted by molar-refractivity contribution is 0.599. The summed E-state index contributed by atoms with van der Waals surface area (Å²) < 4.78 is 23.5. The van der Waals surface area contributed by atoms with Crippen molar-refractivity contribution in [2.24, 2.45) is 5.92 Å². The van der Waals surface area contributed by atoms with E-state index in [1.807, 2.05) is 24.8 Å². The molecule has 0 amide bonds. The molecule has 0 saturated carbocycles. The first-order valence-corrected chi connectivity index (χ1v) is 10.2. The van der Waals surface area contributed by atoms with Crippen molar-refractivity contribution in [3.8, 4) is 0 Å². The first kappa shape index (κ1) is 18.0. The molecule has 1 aliphatic heterocycles. The Morgan fingerprint density at radius 3 is 2.70 bits per heavy atom. The van der Waals surface area contributed by atoms with Gasteiger partial charge in [0, 0.05) is 30.9 Å². The van der Waals surface area contributed by atoms with Crippen LogP contribution in [0, 0.1) is 12.8 Å². The average molecular weight is 340 g/mol. The van der Waals surface area contributed by atoms with Crippen LogP contribution in [0.15, 0.2) is 6.07 Å². The number of sulfone groups is 1. The van der Waals surface area contributed by atoms with Crippen molar-refractivity contribution in [2.75, 3.05) is 34.8 Å². The fraction of sp³-hybridized carbons (Fsp3) is 0.750. The number of nitrogens with one attached hydrogen (secondary N) is 1. The quantitative estimate of drug-likeness (QED) is 0.820. The van der Waals surface area contributed by atoms with E-state index >= 15 is 0 Å². The van der Waals surface area contributed by atoms with Crippen LogP contribution in [0.3, 0.4) is 0 Å². The van der Waals surface area contributed by atoms with Gasteiger partial charge in [0.2, 0.25) is 5.95 Å². The molecule has 0 aromatic carbocycles. The Hall–Kier alpha value is -1.37. The molecule has 6 nitrogen and oxygen atoms in total. The molecule has 0 aliphatic carbocycles. The van der Waals surface area contributed by atoms with E-state index in [4.69, 9.17) is 0 Å². The van der Waals surface area contributed by atoms with Crippen LogP contribution >= 0.6 is 0 Å². The third kappa shape index (κ3) is 5.06. The van der Waals surface area contributed by atoms with Gasteiger partial charge in [0.05, 0.1) is 11.5 Å². The highest BCUT2D eigenvalue weighted by Crippen LogP contribution is 2.23. The fourth-order valence-electron chi connectivity index (χ4n) is 2.84. The molecule has 1 N–H and O–H groups in total. The van der Waals surface area contributed by atoms with Crippen molar-refractivity contribution in [3.63, 3.8) is 0 Å². The molecule has 2 rings (SSSR count). The van der Waals surface area contributed by atoms with E-state index in [0.717, 1.165) is 24.5 Å². The van der Waals surface area contributed by atoms with Gasteiger partial charge in [-0.1, -0.05) is 13.8 Å². The van der Waals surface area contributed by atoms with E-state index in [2.05, 4.69) is 29.1 Å². The van der Waals surface area contributed by atoms with Gasteiger partial charge in [-0.05, 0) is 32.6 Å². The van der Waals surface area contributed by atoms with Gasteiger partial charge in [0.25, 0.3) is 0 Å². The Morgan fingerprint density at radius 1 is 1.39 bits per heavy atom. The lowest BCUT2D eigenvalue weighted by Crippen LogP contribution is -2.37. The molecule has 0 spiro atoms. The van der Waals surface area contributed by atoms with Crippen molar-refractivity contribution in [2.45, 2.75) is 46.6 Å². The predicted octanol–water partition coefficient (Wildman–Crippen LogP) is 2.26. The van der Waals surface area contributed by atoms with Gasteiger partial charge in [-0.2, -0.15) is 4.98 Å². The number of anilines is 2. The standard InChI is InChI=1S/C16H28N4O2S/c1-5-20(14-7-9-23(21,22)11-14)16-18-13(4)10-15(19-16)17-8-6-12(2)3/h10,12,14H,5-9,11H2,1-4H3,(H,17,18,19). The SMILES string of the molecule is CCN(c1nc(C)cc(NCCC(C)C)n1)C1CCS(=O)(=O)C1. The second-order valence-electron chi connectivity index (χ2n) is 6.65. The fourth-order valence-corrected chi connectivity index (χ4v) is 4.58. The van der Waals surface area contributed by atoms with Crippen molar-refractivity contribution in [1.82, 2.24) is 9.97 Å².